The Kier molecular flexibility index (Phi) is 6.11. The van der Waals surface area contributed by atoms with E-state index in [4.69, 9.17) is 0 Å². The molecule has 142 valence electrons. The van der Waals surface area contributed by atoms with Crippen LogP contribution in [0.3, 0.4) is 0 Å². The van der Waals surface area contributed by atoms with Crippen molar-refractivity contribution in [3.63, 3.8) is 0 Å². The van der Waals surface area contributed by atoms with Gasteiger partial charge < -0.3 is 10.2 Å². The number of nitrogens with zero attached hydrogens (tertiary/aromatic N) is 3. The number of hydrogen-bond acceptors (Lipinski definition) is 5. The number of hydrogen-bond donors (Lipinski definition) is 1. The van der Waals surface area contributed by atoms with Crippen LogP contribution in [0.5, 0.6) is 0 Å². The summed E-state index contributed by atoms with van der Waals surface area (Å²) in [7, 11) is 1.77. The molecular weight excluding hydrogens is 352 g/mol. The number of ketones is 1. The highest BCUT2D eigenvalue weighted by molar-refractivity contribution is 5.94. The number of pyridine rings is 2. The molecule has 28 heavy (non-hydrogen) atoms. The molecule has 0 aliphatic heterocycles. The van der Waals surface area contributed by atoms with Crippen LogP contribution in [0.1, 0.15) is 33.3 Å². The van der Waals surface area contributed by atoms with Gasteiger partial charge in [-0.3, -0.25) is 19.6 Å². The fourth-order valence-electron chi connectivity index (χ4n) is 2.72. The summed E-state index contributed by atoms with van der Waals surface area (Å²) in [5.74, 6) is -0.109. The normalized spacial score (nSPS) is 10.4. The molecule has 6 heteroatoms. The van der Waals surface area contributed by atoms with Crippen molar-refractivity contribution >= 4 is 23.1 Å². The van der Waals surface area contributed by atoms with Gasteiger partial charge in [0, 0.05) is 49.1 Å². The summed E-state index contributed by atoms with van der Waals surface area (Å²) in [5, 5.41) is 3.23. The van der Waals surface area contributed by atoms with Crippen molar-refractivity contribution in [2.24, 2.45) is 0 Å². The third-order valence-corrected chi connectivity index (χ3v) is 4.39. The Morgan fingerprint density at radius 1 is 0.964 bits per heavy atom. The third kappa shape index (κ3) is 5.01. The number of nitrogens with one attached hydrogen (secondary N) is 1. The van der Waals surface area contributed by atoms with Crippen LogP contribution in [-0.4, -0.2) is 40.2 Å². The average Bonchev–Trinajstić information content (AvgIpc) is 2.73. The summed E-state index contributed by atoms with van der Waals surface area (Å²) in [6.45, 7) is 2.13. The Morgan fingerprint density at radius 2 is 1.68 bits per heavy atom. The SMILES string of the molecule is CC(=O)c1ccc(Nc2ccnc(C(=O)N(C)CCc3ccncc3)c2)cc1. The van der Waals surface area contributed by atoms with Crippen LogP contribution >= 0.6 is 0 Å². The monoisotopic (exact) mass is 374 g/mol. The maximum Gasteiger partial charge on any atom is 0.272 e. The van der Waals surface area contributed by atoms with E-state index in [2.05, 4.69) is 15.3 Å². The molecule has 6 nitrogen and oxygen atoms in total. The first-order valence-corrected chi connectivity index (χ1v) is 9.01. The van der Waals surface area contributed by atoms with Crippen molar-refractivity contribution in [3.05, 3.63) is 83.9 Å². The van der Waals surface area contributed by atoms with E-state index in [1.165, 1.54) is 6.92 Å². The van der Waals surface area contributed by atoms with Crippen molar-refractivity contribution in [1.29, 1.82) is 0 Å². The van der Waals surface area contributed by atoms with Crippen LogP contribution in [0.25, 0.3) is 0 Å². The molecule has 3 rings (SSSR count). The molecule has 2 aromatic heterocycles. The van der Waals surface area contributed by atoms with E-state index in [0.717, 1.165) is 23.4 Å². The van der Waals surface area contributed by atoms with Crippen molar-refractivity contribution in [1.82, 2.24) is 14.9 Å². The zero-order chi connectivity index (χ0) is 19.9. The number of aromatic nitrogens is 2. The van der Waals surface area contributed by atoms with Gasteiger partial charge in [-0.05, 0) is 67.4 Å². The number of Topliss-reactive ketones (excluding diaryl/α,β-unsaturated/α-hetero) is 1. The molecule has 0 radical (unpaired) electrons. The number of benzene rings is 1. The van der Waals surface area contributed by atoms with Gasteiger partial charge >= 0.3 is 0 Å². The molecule has 0 aliphatic rings. The molecule has 0 spiro atoms. The lowest BCUT2D eigenvalue weighted by Crippen LogP contribution is -2.29. The molecule has 0 saturated carbocycles. The molecule has 1 aromatic carbocycles. The molecule has 1 N–H and O–H groups in total. The van der Waals surface area contributed by atoms with Gasteiger partial charge in [-0.2, -0.15) is 0 Å². The minimum absolute atomic E-state index is 0.0261. The molecule has 0 saturated heterocycles. The summed E-state index contributed by atoms with van der Waals surface area (Å²) < 4.78 is 0. The van der Waals surface area contributed by atoms with Gasteiger partial charge in [0.05, 0.1) is 0 Å². The van der Waals surface area contributed by atoms with Crippen LogP contribution in [-0.2, 0) is 6.42 Å². The molecule has 0 unspecified atom stereocenters. The van der Waals surface area contributed by atoms with Crippen molar-refractivity contribution in [2.75, 3.05) is 18.9 Å². The zero-order valence-electron chi connectivity index (χ0n) is 15.9. The molecule has 1 amide bonds. The Balaban J connectivity index is 1.64. The Morgan fingerprint density at radius 3 is 2.36 bits per heavy atom. The highest BCUT2D eigenvalue weighted by atomic mass is 16.2. The smallest absolute Gasteiger partial charge is 0.272 e. The van der Waals surface area contributed by atoms with Gasteiger partial charge in [0.25, 0.3) is 5.91 Å². The Bertz CT molecular complexity index is 956. The first-order valence-electron chi connectivity index (χ1n) is 9.01. The lowest BCUT2D eigenvalue weighted by molar-refractivity contribution is 0.0790. The quantitative estimate of drug-likeness (QED) is 0.638. The van der Waals surface area contributed by atoms with E-state index in [1.54, 1.807) is 54.8 Å². The van der Waals surface area contributed by atoms with E-state index >= 15 is 0 Å². The predicted molar refractivity (Wildman–Crippen MR) is 109 cm³/mol. The fraction of sp³-hybridized carbons (Fsp3) is 0.182. The summed E-state index contributed by atoms with van der Waals surface area (Å²) in [6.07, 6.45) is 5.86. The number of rotatable bonds is 7. The Hall–Kier alpha value is -3.54. The minimum atomic E-state index is -0.135. The van der Waals surface area contributed by atoms with Gasteiger partial charge in [-0.1, -0.05) is 0 Å². The van der Waals surface area contributed by atoms with Crippen LogP contribution in [0.4, 0.5) is 11.4 Å². The largest absolute Gasteiger partial charge is 0.355 e. The molecule has 0 bridgehead atoms. The second kappa shape index (κ2) is 8.90. The maximum absolute atomic E-state index is 12.7. The van der Waals surface area contributed by atoms with Crippen molar-refractivity contribution in [2.45, 2.75) is 13.3 Å². The molecule has 0 fully saturated rings. The topological polar surface area (TPSA) is 75.2 Å². The van der Waals surface area contributed by atoms with E-state index in [0.29, 0.717) is 17.8 Å². The molecule has 0 atom stereocenters. The Labute approximate surface area is 164 Å². The van der Waals surface area contributed by atoms with E-state index in [1.807, 2.05) is 24.3 Å². The van der Waals surface area contributed by atoms with Gasteiger partial charge in [0.15, 0.2) is 5.78 Å². The highest BCUT2D eigenvalue weighted by Crippen LogP contribution is 2.18. The number of anilines is 2. The summed E-state index contributed by atoms with van der Waals surface area (Å²) in [5.41, 5.74) is 3.76. The molecular formula is C22H22N4O2. The summed E-state index contributed by atoms with van der Waals surface area (Å²) in [4.78, 5) is 33.9. The fourth-order valence-corrected chi connectivity index (χ4v) is 2.72. The highest BCUT2D eigenvalue weighted by Gasteiger charge is 2.13. The van der Waals surface area contributed by atoms with Gasteiger partial charge in [-0.25, -0.2) is 0 Å². The standard InChI is InChI=1S/C22H22N4O2/c1-16(27)18-3-5-19(6-4-18)25-20-9-13-24-21(15-20)22(28)26(2)14-10-17-7-11-23-12-8-17/h3-9,11-13,15H,10,14H2,1-2H3,(H,24,25). The number of carbonyl (C=O) groups is 2. The van der Waals surface area contributed by atoms with Gasteiger partial charge in [-0.15, -0.1) is 0 Å². The number of amides is 1. The van der Waals surface area contributed by atoms with E-state index in [-0.39, 0.29) is 11.7 Å². The van der Waals surface area contributed by atoms with E-state index in [9.17, 15) is 9.59 Å². The second-order valence-corrected chi connectivity index (χ2v) is 6.52. The van der Waals surface area contributed by atoms with Crippen LogP contribution in [0.15, 0.2) is 67.1 Å². The lowest BCUT2D eigenvalue weighted by Gasteiger charge is -2.17. The van der Waals surface area contributed by atoms with Gasteiger partial charge in [0.2, 0.25) is 0 Å². The maximum atomic E-state index is 12.7. The van der Waals surface area contributed by atoms with Crippen molar-refractivity contribution < 1.29 is 9.59 Å². The van der Waals surface area contributed by atoms with E-state index < -0.39 is 0 Å². The molecule has 0 aliphatic carbocycles. The van der Waals surface area contributed by atoms with Crippen LogP contribution in [0.2, 0.25) is 0 Å². The van der Waals surface area contributed by atoms with Crippen LogP contribution < -0.4 is 5.32 Å². The minimum Gasteiger partial charge on any atom is -0.355 e. The first kappa shape index (κ1) is 19.2. The average molecular weight is 374 g/mol. The number of likely N-dealkylation sites (N-methyl/N-ethyl adjacent to an activating group) is 1. The third-order valence-electron chi connectivity index (χ3n) is 4.39. The second-order valence-electron chi connectivity index (χ2n) is 6.52. The first-order chi connectivity index (χ1) is 13.5. The van der Waals surface area contributed by atoms with Gasteiger partial charge in [0.1, 0.15) is 5.69 Å². The predicted octanol–water partition coefficient (Wildman–Crippen LogP) is 3.74. The zero-order valence-corrected chi connectivity index (χ0v) is 15.9. The van der Waals surface area contributed by atoms with Crippen LogP contribution in [0, 0.1) is 0 Å². The molecule has 3 aromatic rings. The lowest BCUT2D eigenvalue weighted by atomic mass is 10.1. The molecule has 2 heterocycles. The summed E-state index contributed by atoms with van der Waals surface area (Å²) in [6, 6.07) is 14.6. The van der Waals surface area contributed by atoms with Crippen molar-refractivity contribution in [3.8, 4) is 0 Å². The summed E-state index contributed by atoms with van der Waals surface area (Å²) >= 11 is 0. The number of carbonyl (C=O) groups excluding carboxylic acids is 2.